The summed E-state index contributed by atoms with van der Waals surface area (Å²) in [5.74, 6) is -0.0620. The molecule has 2 heterocycles. The standard InChI is InChI=1S/C19H20N4O/c1-14-3-4-17(11-15(14)2)19(16-5-7-20-8-6-16)22-18(24)12-23-10-9-21-13-23/h3-11,13,19H,12H2,1-2H3,(H,22,24). The number of nitrogens with zero attached hydrogens (tertiary/aromatic N) is 3. The van der Waals surface area contributed by atoms with Crippen molar-refractivity contribution in [1.82, 2.24) is 19.9 Å². The van der Waals surface area contributed by atoms with Crippen LogP contribution in [0, 0.1) is 13.8 Å². The fourth-order valence-electron chi connectivity index (χ4n) is 2.61. The van der Waals surface area contributed by atoms with Crippen LogP contribution >= 0.6 is 0 Å². The minimum absolute atomic E-state index is 0.0620. The van der Waals surface area contributed by atoms with Crippen molar-refractivity contribution in [3.8, 4) is 0 Å². The Kier molecular flexibility index (Phi) is 4.70. The molecular weight excluding hydrogens is 300 g/mol. The Hall–Kier alpha value is -2.95. The number of amides is 1. The van der Waals surface area contributed by atoms with Crippen molar-refractivity contribution in [3.05, 3.63) is 83.7 Å². The van der Waals surface area contributed by atoms with Gasteiger partial charge in [0, 0.05) is 24.8 Å². The molecule has 122 valence electrons. The molecule has 0 radical (unpaired) electrons. The Labute approximate surface area is 141 Å². The SMILES string of the molecule is Cc1ccc(C(NC(=O)Cn2ccnc2)c2ccncc2)cc1C. The van der Waals surface area contributed by atoms with Crippen molar-refractivity contribution in [2.24, 2.45) is 0 Å². The zero-order chi connectivity index (χ0) is 16.9. The Morgan fingerprint density at radius 2 is 1.83 bits per heavy atom. The maximum Gasteiger partial charge on any atom is 0.240 e. The van der Waals surface area contributed by atoms with Crippen LogP contribution in [0.4, 0.5) is 0 Å². The van der Waals surface area contributed by atoms with E-state index in [1.165, 1.54) is 11.1 Å². The number of benzene rings is 1. The Bertz CT molecular complexity index is 813. The van der Waals surface area contributed by atoms with Gasteiger partial charge in [-0.1, -0.05) is 18.2 Å². The third-order valence-corrected chi connectivity index (χ3v) is 4.09. The van der Waals surface area contributed by atoms with Crippen molar-refractivity contribution < 1.29 is 4.79 Å². The van der Waals surface area contributed by atoms with Crippen molar-refractivity contribution in [2.75, 3.05) is 0 Å². The van der Waals surface area contributed by atoms with E-state index in [1.54, 1.807) is 35.7 Å². The van der Waals surface area contributed by atoms with E-state index >= 15 is 0 Å². The number of carbonyl (C=O) groups excluding carboxylic acids is 1. The van der Waals surface area contributed by atoms with Crippen LogP contribution in [-0.4, -0.2) is 20.4 Å². The smallest absolute Gasteiger partial charge is 0.240 e. The van der Waals surface area contributed by atoms with E-state index in [1.807, 2.05) is 12.1 Å². The molecule has 3 rings (SSSR count). The maximum atomic E-state index is 12.4. The lowest BCUT2D eigenvalue weighted by atomic mass is 9.96. The first-order valence-corrected chi connectivity index (χ1v) is 7.85. The molecule has 1 N–H and O–H groups in total. The molecule has 5 heteroatoms. The molecule has 0 saturated heterocycles. The molecule has 0 aliphatic heterocycles. The summed E-state index contributed by atoms with van der Waals surface area (Å²) in [5.41, 5.74) is 4.50. The van der Waals surface area contributed by atoms with E-state index in [4.69, 9.17) is 0 Å². The van der Waals surface area contributed by atoms with Crippen LogP contribution in [-0.2, 0) is 11.3 Å². The quantitative estimate of drug-likeness (QED) is 0.786. The van der Waals surface area contributed by atoms with Gasteiger partial charge in [-0.2, -0.15) is 0 Å². The number of rotatable bonds is 5. The normalized spacial score (nSPS) is 11.9. The average molecular weight is 320 g/mol. The molecule has 24 heavy (non-hydrogen) atoms. The summed E-state index contributed by atoms with van der Waals surface area (Å²) in [6.45, 7) is 4.40. The van der Waals surface area contributed by atoms with Crippen molar-refractivity contribution in [1.29, 1.82) is 0 Å². The van der Waals surface area contributed by atoms with Gasteiger partial charge in [0.25, 0.3) is 0 Å². The second kappa shape index (κ2) is 7.08. The summed E-state index contributed by atoms with van der Waals surface area (Å²) in [7, 11) is 0. The van der Waals surface area contributed by atoms with Gasteiger partial charge in [-0.05, 0) is 48.2 Å². The summed E-state index contributed by atoms with van der Waals surface area (Å²) in [4.78, 5) is 20.5. The zero-order valence-electron chi connectivity index (χ0n) is 13.8. The highest BCUT2D eigenvalue weighted by atomic mass is 16.2. The van der Waals surface area contributed by atoms with E-state index in [9.17, 15) is 4.79 Å². The maximum absolute atomic E-state index is 12.4. The average Bonchev–Trinajstić information content (AvgIpc) is 3.09. The molecular formula is C19H20N4O. The van der Waals surface area contributed by atoms with Crippen LogP contribution in [0.2, 0.25) is 0 Å². The second-order valence-electron chi connectivity index (χ2n) is 5.86. The monoisotopic (exact) mass is 320 g/mol. The van der Waals surface area contributed by atoms with E-state index in [0.29, 0.717) is 0 Å². The number of aromatic nitrogens is 3. The molecule has 5 nitrogen and oxygen atoms in total. The van der Waals surface area contributed by atoms with Gasteiger partial charge in [0.15, 0.2) is 0 Å². The number of aryl methyl sites for hydroxylation is 2. The first kappa shape index (κ1) is 15.9. The second-order valence-corrected chi connectivity index (χ2v) is 5.86. The predicted molar refractivity (Wildman–Crippen MR) is 92.4 cm³/mol. The highest BCUT2D eigenvalue weighted by Crippen LogP contribution is 2.23. The molecule has 2 aromatic heterocycles. The largest absolute Gasteiger partial charge is 0.344 e. The van der Waals surface area contributed by atoms with E-state index in [-0.39, 0.29) is 18.5 Å². The molecule has 0 bridgehead atoms. The molecule has 1 aromatic carbocycles. The molecule has 0 saturated carbocycles. The molecule has 0 spiro atoms. The van der Waals surface area contributed by atoms with Gasteiger partial charge in [0.2, 0.25) is 5.91 Å². The first-order chi connectivity index (χ1) is 11.6. The highest BCUT2D eigenvalue weighted by Gasteiger charge is 2.17. The highest BCUT2D eigenvalue weighted by molar-refractivity contribution is 5.76. The molecule has 0 aliphatic carbocycles. The number of hydrogen-bond acceptors (Lipinski definition) is 3. The lowest BCUT2D eigenvalue weighted by Gasteiger charge is -2.21. The molecule has 0 aliphatic rings. The van der Waals surface area contributed by atoms with Gasteiger partial charge in [0.1, 0.15) is 6.54 Å². The van der Waals surface area contributed by atoms with Crippen LogP contribution in [0.5, 0.6) is 0 Å². The molecule has 1 amide bonds. The van der Waals surface area contributed by atoms with Crippen LogP contribution in [0.15, 0.2) is 61.4 Å². The van der Waals surface area contributed by atoms with E-state index in [2.05, 4.69) is 47.3 Å². The summed E-state index contributed by atoms with van der Waals surface area (Å²) in [5, 5.41) is 3.12. The van der Waals surface area contributed by atoms with Crippen LogP contribution in [0.3, 0.4) is 0 Å². The number of nitrogens with one attached hydrogen (secondary N) is 1. The molecule has 3 aromatic rings. The van der Waals surface area contributed by atoms with Crippen molar-refractivity contribution in [3.63, 3.8) is 0 Å². The molecule has 1 unspecified atom stereocenters. The first-order valence-electron chi connectivity index (χ1n) is 7.85. The van der Waals surface area contributed by atoms with Gasteiger partial charge < -0.3 is 9.88 Å². The minimum Gasteiger partial charge on any atom is -0.344 e. The van der Waals surface area contributed by atoms with Crippen LogP contribution in [0.1, 0.15) is 28.3 Å². The van der Waals surface area contributed by atoms with Gasteiger partial charge in [0.05, 0.1) is 12.4 Å². The van der Waals surface area contributed by atoms with E-state index in [0.717, 1.165) is 11.1 Å². The summed E-state index contributed by atoms with van der Waals surface area (Å²) < 4.78 is 1.75. The summed E-state index contributed by atoms with van der Waals surface area (Å²) in [6.07, 6.45) is 8.56. The van der Waals surface area contributed by atoms with Crippen molar-refractivity contribution in [2.45, 2.75) is 26.4 Å². The van der Waals surface area contributed by atoms with Gasteiger partial charge >= 0.3 is 0 Å². The van der Waals surface area contributed by atoms with Gasteiger partial charge in [-0.3, -0.25) is 9.78 Å². The third kappa shape index (κ3) is 3.68. The lowest BCUT2D eigenvalue weighted by Crippen LogP contribution is -2.32. The summed E-state index contributed by atoms with van der Waals surface area (Å²) >= 11 is 0. The fraction of sp³-hybridized carbons (Fsp3) is 0.211. The topological polar surface area (TPSA) is 59.8 Å². The zero-order valence-corrected chi connectivity index (χ0v) is 13.8. The number of imidazole rings is 1. The fourth-order valence-corrected chi connectivity index (χ4v) is 2.61. The van der Waals surface area contributed by atoms with Crippen molar-refractivity contribution >= 4 is 5.91 Å². The van der Waals surface area contributed by atoms with Gasteiger partial charge in [-0.15, -0.1) is 0 Å². The van der Waals surface area contributed by atoms with Crippen LogP contribution < -0.4 is 5.32 Å². The minimum atomic E-state index is -0.205. The number of hydrogen-bond donors (Lipinski definition) is 1. The Morgan fingerprint density at radius 3 is 2.50 bits per heavy atom. The third-order valence-electron chi connectivity index (χ3n) is 4.09. The Morgan fingerprint density at radius 1 is 1.04 bits per heavy atom. The number of pyridine rings is 1. The molecule has 1 atom stereocenters. The number of carbonyl (C=O) groups is 1. The molecule has 0 fully saturated rings. The summed E-state index contributed by atoms with van der Waals surface area (Å²) in [6, 6.07) is 9.92. The lowest BCUT2D eigenvalue weighted by molar-refractivity contribution is -0.122. The Balaban J connectivity index is 1.87. The predicted octanol–water partition coefficient (Wildman–Crippen LogP) is 2.80. The van der Waals surface area contributed by atoms with Gasteiger partial charge in [-0.25, -0.2) is 4.98 Å². The van der Waals surface area contributed by atoms with Crippen LogP contribution in [0.25, 0.3) is 0 Å². The van der Waals surface area contributed by atoms with E-state index < -0.39 is 0 Å².